The molecule has 0 heterocycles. The fourth-order valence-electron chi connectivity index (χ4n) is 11.7. The van der Waals surface area contributed by atoms with Crippen molar-refractivity contribution >= 4 is 6.48 Å². The van der Waals surface area contributed by atoms with Gasteiger partial charge in [-0.05, 0) is 0 Å². The van der Waals surface area contributed by atoms with Crippen LogP contribution in [0.2, 0.25) is 0 Å². The molecule has 1 atom stereocenters. The number of allylic oxidation sites excluding steroid dienone is 4. The second-order valence-corrected chi connectivity index (χ2v) is 25.5. The van der Waals surface area contributed by atoms with Gasteiger partial charge in [0.25, 0.3) is 0 Å². The first kappa shape index (κ1) is 37.0. The van der Waals surface area contributed by atoms with Crippen molar-refractivity contribution in [3.8, 4) is 11.1 Å². The zero-order valence-corrected chi connectivity index (χ0v) is 35.2. The van der Waals surface area contributed by atoms with E-state index in [0.29, 0.717) is 11.3 Å². The van der Waals surface area contributed by atoms with Crippen molar-refractivity contribution < 1.29 is 46.1 Å². The molecular weight excluding hydrogens is 703 g/mol. The molecule has 9 rings (SSSR count). The summed E-state index contributed by atoms with van der Waals surface area (Å²) in [5, 5.41) is 0. The standard InChI is InChI=1S/C21H25.C18H25.C6H10.2ClH.Zr/c1-20(2,3)16-9-7-14-11-15-8-10-17(21(4,5)6)13-19(15)18(14)12-16;1-12-3-13(2)17(4-12)11-18-8-14-5-15(9-18)7-16(6-14)10-18;1-2-4-6-5-3-1;;;/h7,9-10,12-13H,11H2,1-6H3;4,12,14-16H,5-11H2,1-2H3;1-5H2;2*1H;/q;;;;;+2/p-2. The van der Waals surface area contributed by atoms with E-state index in [9.17, 15) is 0 Å². The summed E-state index contributed by atoms with van der Waals surface area (Å²) in [6, 6.07) is 12.9. The molecule has 5 fully saturated rings. The molecule has 0 spiro atoms. The van der Waals surface area contributed by atoms with Crippen molar-refractivity contribution in [2.45, 2.75) is 150 Å². The Kier molecular flexibility index (Phi) is 10.3. The largest absolute Gasteiger partial charge is 1.00 e. The van der Waals surface area contributed by atoms with Crippen molar-refractivity contribution in [3.05, 3.63) is 73.1 Å². The first-order valence-electron chi connectivity index (χ1n) is 19.2. The van der Waals surface area contributed by atoms with Crippen LogP contribution in [-0.2, 0) is 38.5 Å². The van der Waals surface area contributed by atoms with E-state index in [2.05, 4.69) is 91.8 Å². The average Bonchev–Trinajstić information content (AvgIpc) is 3.48. The van der Waals surface area contributed by atoms with Crippen molar-refractivity contribution in [3.63, 3.8) is 0 Å². The van der Waals surface area contributed by atoms with Gasteiger partial charge >= 0.3 is 291 Å². The van der Waals surface area contributed by atoms with Gasteiger partial charge in [-0.25, -0.2) is 0 Å². The van der Waals surface area contributed by atoms with Gasteiger partial charge in [-0.15, -0.1) is 0 Å². The van der Waals surface area contributed by atoms with E-state index in [1.54, 1.807) is 52.7 Å². The molecule has 0 nitrogen and oxygen atoms in total. The summed E-state index contributed by atoms with van der Waals surface area (Å²) in [7, 11) is 0. The second-order valence-electron chi connectivity index (χ2n) is 19.3. The molecule has 258 valence electrons. The molecule has 7 aliphatic carbocycles. The minimum Gasteiger partial charge on any atom is -1.00 e. The molecule has 0 aromatic heterocycles. The molecule has 2 aromatic rings. The normalized spacial score (nSPS) is 28.7. The van der Waals surface area contributed by atoms with Crippen LogP contribution in [0.4, 0.5) is 0 Å². The maximum Gasteiger partial charge on any atom is -1.00 e. The molecule has 7 aliphatic rings. The summed E-state index contributed by atoms with van der Waals surface area (Å²) in [6.45, 7) is 19.7. The third kappa shape index (κ3) is 6.56. The van der Waals surface area contributed by atoms with Gasteiger partial charge in [-0.3, -0.25) is 0 Å². The van der Waals surface area contributed by atoms with Gasteiger partial charge in [-0.2, -0.15) is 0 Å². The van der Waals surface area contributed by atoms with Crippen LogP contribution in [0.5, 0.6) is 0 Å². The van der Waals surface area contributed by atoms with E-state index in [4.69, 9.17) is 0 Å². The van der Waals surface area contributed by atoms with Gasteiger partial charge in [0.2, 0.25) is 0 Å². The van der Waals surface area contributed by atoms with Crippen LogP contribution in [0.15, 0.2) is 50.8 Å². The Labute approximate surface area is 313 Å². The summed E-state index contributed by atoms with van der Waals surface area (Å²) in [6.07, 6.45) is 21.7. The van der Waals surface area contributed by atoms with E-state index in [1.807, 2.05) is 9.76 Å². The predicted octanol–water partition coefficient (Wildman–Crippen LogP) is 5.70. The molecular formula is C45H60Cl2Zr. The summed E-state index contributed by atoms with van der Waals surface area (Å²) in [4.78, 5) is 0. The van der Waals surface area contributed by atoms with Crippen molar-refractivity contribution in [1.29, 1.82) is 0 Å². The van der Waals surface area contributed by atoms with E-state index in [-0.39, 0.29) is 35.6 Å². The number of benzene rings is 2. The number of hydrogen-bond donors (Lipinski definition) is 0. The van der Waals surface area contributed by atoms with E-state index >= 15 is 0 Å². The van der Waals surface area contributed by atoms with Crippen LogP contribution < -0.4 is 28.1 Å². The first-order chi connectivity index (χ1) is 21.8. The summed E-state index contributed by atoms with van der Waals surface area (Å²) >= 11 is -2.39. The van der Waals surface area contributed by atoms with E-state index < -0.39 is 21.3 Å². The first-order valence-corrected chi connectivity index (χ1v) is 22.9. The van der Waals surface area contributed by atoms with Gasteiger partial charge < -0.3 is 24.8 Å². The maximum atomic E-state index is 2.81. The third-order valence-corrected chi connectivity index (χ3v) is 22.4. The molecule has 0 saturated heterocycles. The summed E-state index contributed by atoms with van der Waals surface area (Å²) < 4.78 is 5.87. The number of fused-ring (bicyclic) bond motifs is 3. The number of hydrogen-bond acceptors (Lipinski definition) is 0. The van der Waals surface area contributed by atoms with E-state index in [1.165, 1.54) is 68.9 Å². The monoisotopic (exact) mass is 760 g/mol. The smallest absolute Gasteiger partial charge is 1.00 e. The van der Waals surface area contributed by atoms with Crippen LogP contribution in [-0.4, -0.2) is 3.21 Å². The van der Waals surface area contributed by atoms with Crippen LogP contribution in [0, 0.1) is 29.1 Å². The minimum atomic E-state index is -2.39. The zero-order chi connectivity index (χ0) is 32.2. The Morgan fingerprint density at radius 2 is 1.33 bits per heavy atom. The minimum absolute atomic E-state index is 0. The number of halogens is 2. The van der Waals surface area contributed by atoms with Gasteiger partial charge in [0.1, 0.15) is 0 Å². The Morgan fingerprint density at radius 3 is 1.92 bits per heavy atom. The van der Waals surface area contributed by atoms with Gasteiger partial charge in [0, 0.05) is 0 Å². The van der Waals surface area contributed by atoms with Gasteiger partial charge in [0.15, 0.2) is 0 Å². The van der Waals surface area contributed by atoms with Gasteiger partial charge in [-0.1, -0.05) is 0 Å². The SMILES string of the molecule is CC1=[C]([Zr+2](=[C]2CCCCC2)[c]2cc(C(C)(C)C)cc3c2Cc2ccc(C(C)(C)C)cc2-3)C(C)C=C1CC12CC3CC(CC(C3)C1)C2.[Cl-].[Cl-]. The molecule has 3 heteroatoms. The Balaban J connectivity index is 0.00000201. The molecule has 0 N–H and O–H groups in total. The van der Waals surface area contributed by atoms with Crippen LogP contribution in [0.3, 0.4) is 0 Å². The average molecular weight is 763 g/mol. The van der Waals surface area contributed by atoms with Gasteiger partial charge in [0.05, 0.1) is 0 Å². The topological polar surface area (TPSA) is 0 Å². The molecule has 4 bridgehead atoms. The Hall–Kier alpha value is -0.747. The molecule has 1 unspecified atom stereocenters. The molecule has 0 aliphatic heterocycles. The fourth-order valence-corrected chi connectivity index (χ4v) is 21.0. The molecule has 0 amide bonds. The van der Waals surface area contributed by atoms with Crippen LogP contribution in [0.1, 0.15) is 155 Å². The zero-order valence-electron chi connectivity index (χ0n) is 31.2. The summed E-state index contributed by atoms with van der Waals surface area (Å²) in [5.74, 6) is 3.75. The predicted molar refractivity (Wildman–Crippen MR) is 195 cm³/mol. The Bertz CT molecular complexity index is 1640. The third-order valence-electron chi connectivity index (χ3n) is 13.6. The van der Waals surface area contributed by atoms with Crippen molar-refractivity contribution in [1.82, 2.24) is 0 Å². The molecule has 48 heavy (non-hydrogen) atoms. The fraction of sp³-hybridized carbons (Fsp3) is 0.622. The van der Waals surface area contributed by atoms with E-state index in [0.717, 1.165) is 24.2 Å². The molecule has 5 saturated carbocycles. The Morgan fingerprint density at radius 1 is 0.750 bits per heavy atom. The quantitative estimate of drug-likeness (QED) is 0.321. The maximum absolute atomic E-state index is 2.81. The summed E-state index contributed by atoms with van der Waals surface area (Å²) in [5.41, 5.74) is 14.0. The van der Waals surface area contributed by atoms with Crippen molar-refractivity contribution in [2.24, 2.45) is 29.1 Å². The molecule has 0 radical (unpaired) electrons. The second kappa shape index (κ2) is 13.3. The number of rotatable bonds is 4. The molecule has 2 aromatic carbocycles. The van der Waals surface area contributed by atoms with Crippen molar-refractivity contribution in [2.75, 3.05) is 0 Å². The van der Waals surface area contributed by atoms with Crippen LogP contribution in [0.25, 0.3) is 11.1 Å². The van der Waals surface area contributed by atoms with Crippen LogP contribution >= 0.6 is 0 Å².